The average Bonchev–Trinajstić information content (AvgIpc) is 2.36. The molecule has 1 N–H and O–H groups in total. The van der Waals surface area contributed by atoms with Crippen molar-refractivity contribution in [3.8, 4) is 5.75 Å². The number of halogens is 1. The van der Waals surface area contributed by atoms with Crippen molar-refractivity contribution in [2.45, 2.75) is 25.9 Å². The molecule has 0 radical (unpaired) electrons. The minimum Gasteiger partial charge on any atom is -0.495 e. The predicted molar refractivity (Wildman–Crippen MR) is 69.1 cm³/mol. The van der Waals surface area contributed by atoms with Crippen molar-refractivity contribution in [1.82, 2.24) is 0 Å². The summed E-state index contributed by atoms with van der Waals surface area (Å²) < 4.78 is 9.66. The van der Waals surface area contributed by atoms with E-state index in [1.165, 1.54) is 20.3 Å². The van der Waals surface area contributed by atoms with E-state index < -0.39 is 12.1 Å². The molecule has 0 spiro atoms. The van der Waals surface area contributed by atoms with Gasteiger partial charge in [0.2, 0.25) is 0 Å². The molecule has 1 atom stereocenters. The summed E-state index contributed by atoms with van der Waals surface area (Å²) in [7, 11) is 2.74. The van der Waals surface area contributed by atoms with E-state index in [1.54, 1.807) is 6.07 Å². The third-order valence-electron chi connectivity index (χ3n) is 2.70. The minimum atomic E-state index is -1.34. The van der Waals surface area contributed by atoms with Crippen LogP contribution in [0.15, 0.2) is 12.1 Å². The van der Waals surface area contributed by atoms with Crippen molar-refractivity contribution in [3.63, 3.8) is 0 Å². The number of esters is 1. The number of hydrogen-bond acceptors (Lipinski definition) is 4. The maximum atomic E-state index is 11.4. The van der Waals surface area contributed by atoms with Gasteiger partial charge in [0, 0.05) is 0 Å². The highest BCUT2D eigenvalue weighted by molar-refractivity contribution is 6.32. The Morgan fingerprint density at radius 1 is 1.28 bits per heavy atom. The highest BCUT2D eigenvalue weighted by Crippen LogP contribution is 2.35. The second-order valence-electron chi connectivity index (χ2n) is 4.20. The third-order valence-corrected chi connectivity index (χ3v) is 2.99. The lowest BCUT2D eigenvalue weighted by molar-refractivity contribution is -0.150. The molecule has 0 heterocycles. The summed E-state index contributed by atoms with van der Waals surface area (Å²) in [5.74, 6) is -0.0789. The molecule has 0 amide bonds. The quantitative estimate of drug-likeness (QED) is 0.856. The highest BCUT2D eigenvalue weighted by Gasteiger charge is 2.24. The lowest BCUT2D eigenvalue weighted by Gasteiger charge is -2.18. The fourth-order valence-corrected chi connectivity index (χ4v) is 1.97. The maximum Gasteiger partial charge on any atom is 0.339 e. The number of hydrogen-bond donors (Lipinski definition) is 1. The zero-order valence-corrected chi connectivity index (χ0v) is 11.6. The SMILES string of the molecule is COC(=O)C(O)c1cc(Cl)c(OC)cc1C(C)C. The zero-order valence-electron chi connectivity index (χ0n) is 10.9. The van der Waals surface area contributed by atoms with Crippen LogP contribution in [0.5, 0.6) is 5.75 Å². The largest absolute Gasteiger partial charge is 0.495 e. The molecule has 100 valence electrons. The molecular weight excluding hydrogens is 256 g/mol. The molecule has 0 aliphatic carbocycles. The van der Waals surface area contributed by atoms with Crippen LogP contribution in [-0.4, -0.2) is 25.3 Å². The highest BCUT2D eigenvalue weighted by atomic mass is 35.5. The first-order valence-electron chi connectivity index (χ1n) is 5.55. The number of carbonyl (C=O) groups excluding carboxylic acids is 1. The minimum absolute atomic E-state index is 0.116. The van der Waals surface area contributed by atoms with Gasteiger partial charge < -0.3 is 14.6 Å². The first-order chi connectivity index (χ1) is 8.42. The average molecular weight is 273 g/mol. The van der Waals surface area contributed by atoms with E-state index in [0.717, 1.165) is 5.56 Å². The van der Waals surface area contributed by atoms with E-state index in [9.17, 15) is 9.90 Å². The molecule has 1 rings (SSSR count). The fraction of sp³-hybridized carbons (Fsp3) is 0.462. The smallest absolute Gasteiger partial charge is 0.339 e. The Morgan fingerprint density at radius 2 is 1.89 bits per heavy atom. The number of methoxy groups -OCH3 is 2. The monoisotopic (exact) mass is 272 g/mol. The van der Waals surface area contributed by atoms with Crippen LogP contribution in [0.4, 0.5) is 0 Å². The summed E-state index contributed by atoms with van der Waals surface area (Å²) >= 11 is 6.01. The molecule has 0 aliphatic rings. The summed E-state index contributed by atoms with van der Waals surface area (Å²) in [6, 6.07) is 3.27. The van der Waals surface area contributed by atoms with E-state index in [-0.39, 0.29) is 5.92 Å². The summed E-state index contributed by atoms with van der Waals surface area (Å²) in [4.78, 5) is 11.4. The molecule has 0 bridgehead atoms. The Morgan fingerprint density at radius 3 is 2.33 bits per heavy atom. The zero-order chi connectivity index (χ0) is 13.9. The molecule has 0 fully saturated rings. The Balaban J connectivity index is 3.33. The molecule has 4 nitrogen and oxygen atoms in total. The first-order valence-corrected chi connectivity index (χ1v) is 5.93. The van der Waals surface area contributed by atoms with Crippen LogP contribution in [-0.2, 0) is 9.53 Å². The van der Waals surface area contributed by atoms with E-state index in [4.69, 9.17) is 16.3 Å². The molecule has 1 unspecified atom stereocenters. The van der Waals surface area contributed by atoms with E-state index in [1.807, 2.05) is 13.8 Å². The molecule has 18 heavy (non-hydrogen) atoms. The molecule has 5 heteroatoms. The Labute approximate surface area is 111 Å². The van der Waals surface area contributed by atoms with E-state index in [0.29, 0.717) is 16.3 Å². The van der Waals surface area contributed by atoms with Crippen molar-refractivity contribution in [2.75, 3.05) is 14.2 Å². The van der Waals surface area contributed by atoms with Crippen LogP contribution in [0.1, 0.15) is 37.0 Å². The normalized spacial score (nSPS) is 12.4. The Kier molecular flexibility index (Phi) is 4.99. The van der Waals surface area contributed by atoms with Gasteiger partial charge in [-0.05, 0) is 29.2 Å². The topological polar surface area (TPSA) is 55.8 Å². The standard InChI is InChI=1S/C13H17ClO4/c1-7(2)8-6-11(17-3)10(14)5-9(8)12(15)13(16)18-4/h5-7,12,15H,1-4H3. The second-order valence-corrected chi connectivity index (χ2v) is 4.60. The van der Waals surface area contributed by atoms with Gasteiger partial charge in [-0.15, -0.1) is 0 Å². The number of aliphatic hydroxyl groups is 1. The van der Waals surface area contributed by atoms with Crippen LogP contribution < -0.4 is 4.74 Å². The summed E-state index contributed by atoms with van der Waals surface area (Å²) in [5, 5.41) is 10.3. The van der Waals surface area contributed by atoms with Crippen LogP contribution in [0.2, 0.25) is 5.02 Å². The van der Waals surface area contributed by atoms with Gasteiger partial charge in [0.1, 0.15) is 5.75 Å². The fourth-order valence-electron chi connectivity index (χ4n) is 1.72. The van der Waals surface area contributed by atoms with Gasteiger partial charge in [0.15, 0.2) is 6.10 Å². The van der Waals surface area contributed by atoms with Gasteiger partial charge in [0.25, 0.3) is 0 Å². The molecule has 0 aliphatic heterocycles. The molecule has 1 aromatic rings. The van der Waals surface area contributed by atoms with Gasteiger partial charge in [-0.2, -0.15) is 0 Å². The molecule has 0 saturated carbocycles. The molecular formula is C13H17ClO4. The van der Waals surface area contributed by atoms with Gasteiger partial charge in [-0.1, -0.05) is 25.4 Å². The van der Waals surface area contributed by atoms with Gasteiger partial charge in [0.05, 0.1) is 19.2 Å². The molecule has 1 aromatic carbocycles. The van der Waals surface area contributed by atoms with Crippen molar-refractivity contribution in [2.24, 2.45) is 0 Å². The molecule has 0 aromatic heterocycles. The van der Waals surface area contributed by atoms with E-state index in [2.05, 4.69) is 4.74 Å². The number of aliphatic hydroxyl groups excluding tert-OH is 1. The van der Waals surface area contributed by atoms with Crippen LogP contribution in [0.3, 0.4) is 0 Å². The van der Waals surface area contributed by atoms with Crippen LogP contribution in [0, 0.1) is 0 Å². The Bertz CT molecular complexity index is 443. The number of carbonyl (C=O) groups is 1. The predicted octanol–water partition coefficient (Wildman–Crippen LogP) is 2.68. The Hall–Kier alpha value is -1.26. The summed E-state index contributed by atoms with van der Waals surface area (Å²) in [6.07, 6.45) is -1.34. The van der Waals surface area contributed by atoms with Gasteiger partial charge in [-0.3, -0.25) is 0 Å². The van der Waals surface area contributed by atoms with Crippen LogP contribution >= 0.6 is 11.6 Å². The van der Waals surface area contributed by atoms with Crippen molar-refractivity contribution in [3.05, 3.63) is 28.3 Å². The summed E-state index contributed by atoms with van der Waals surface area (Å²) in [5.41, 5.74) is 1.25. The maximum absolute atomic E-state index is 11.4. The van der Waals surface area contributed by atoms with Gasteiger partial charge >= 0.3 is 5.97 Å². The van der Waals surface area contributed by atoms with Crippen molar-refractivity contribution >= 4 is 17.6 Å². The van der Waals surface area contributed by atoms with Crippen LogP contribution in [0.25, 0.3) is 0 Å². The summed E-state index contributed by atoms with van der Waals surface area (Å²) in [6.45, 7) is 3.91. The van der Waals surface area contributed by atoms with E-state index >= 15 is 0 Å². The number of ether oxygens (including phenoxy) is 2. The lowest BCUT2D eigenvalue weighted by Crippen LogP contribution is -2.16. The van der Waals surface area contributed by atoms with Crippen molar-refractivity contribution in [1.29, 1.82) is 0 Å². The number of benzene rings is 1. The lowest BCUT2D eigenvalue weighted by atomic mass is 9.93. The van der Waals surface area contributed by atoms with Crippen molar-refractivity contribution < 1.29 is 19.4 Å². The second kappa shape index (κ2) is 6.07. The van der Waals surface area contributed by atoms with Gasteiger partial charge in [-0.25, -0.2) is 4.79 Å². The molecule has 0 saturated heterocycles. The number of rotatable bonds is 4. The third kappa shape index (κ3) is 2.94. The first kappa shape index (κ1) is 14.8.